The van der Waals surface area contributed by atoms with Crippen molar-refractivity contribution in [3.05, 3.63) is 17.5 Å². The van der Waals surface area contributed by atoms with Crippen molar-refractivity contribution < 1.29 is 14.7 Å². The Morgan fingerprint density at radius 3 is 2.61 bits per heavy atom. The Bertz CT molecular complexity index is 426. The topological polar surface area (TPSA) is 86.3 Å². The van der Waals surface area contributed by atoms with Crippen LogP contribution < -0.4 is 0 Å². The molecule has 1 rings (SSSR count). The first-order valence-electron chi connectivity index (χ1n) is 6.02. The summed E-state index contributed by atoms with van der Waals surface area (Å²) in [6.45, 7) is 5.87. The Labute approximate surface area is 106 Å². The zero-order valence-electron chi connectivity index (χ0n) is 10.9. The number of nitrogens with one attached hydrogen (secondary N) is 1. The number of hydrogen-bond acceptors (Lipinski definition) is 3. The van der Waals surface area contributed by atoms with Crippen LogP contribution in [0.25, 0.3) is 0 Å². The van der Waals surface area contributed by atoms with Gasteiger partial charge in [0.15, 0.2) is 0 Å². The number of carboxylic acids is 1. The monoisotopic (exact) mass is 253 g/mol. The fourth-order valence-electron chi connectivity index (χ4n) is 1.61. The normalized spacial score (nSPS) is 10.7. The molecule has 1 heterocycles. The number of aliphatic carboxylic acids is 1. The van der Waals surface area contributed by atoms with Crippen LogP contribution in [-0.4, -0.2) is 44.7 Å². The van der Waals surface area contributed by atoms with Gasteiger partial charge in [0.25, 0.3) is 5.91 Å². The van der Waals surface area contributed by atoms with E-state index in [9.17, 15) is 9.59 Å². The molecule has 1 aromatic rings. The molecule has 6 nitrogen and oxygen atoms in total. The molecule has 100 valence electrons. The number of carbonyl (C=O) groups excluding carboxylic acids is 1. The van der Waals surface area contributed by atoms with Crippen LogP contribution in [0.2, 0.25) is 0 Å². The summed E-state index contributed by atoms with van der Waals surface area (Å²) in [4.78, 5) is 24.3. The maximum Gasteiger partial charge on any atom is 0.305 e. The lowest BCUT2D eigenvalue weighted by molar-refractivity contribution is -0.137. The van der Waals surface area contributed by atoms with Gasteiger partial charge in [-0.3, -0.25) is 14.7 Å². The van der Waals surface area contributed by atoms with E-state index in [0.717, 1.165) is 12.1 Å². The van der Waals surface area contributed by atoms with Gasteiger partial charge in [-0.25, -0.2) is 0 Å². The number of aryl methyl sites for hydroxylation is 1. The molecule has 18 heavy (non-hydrogen) atoms. The molecular weight excluding hydrogens is 234 g/mol. The van der Waals surface area contributed by atoms with Gasteiger partial charge in [-0.05, 0) is 26.3 Å². The third-order valence-electron chi connectivity index (χ3n) is 2.68. The van der Waals surface area contributed by atoms with Gasteiger partial charge >= 0.3 is 5.97 Å². The number of H-pyrrole nitrogens is 1. The predicted octanol–water partition coefficient (Wildman–Crippen LogP) is 1.30. The maximum atomic E-state index is 12.2. The fraction of sp³-hybridized carbons (Fsp3) is 0.583. The molecular formula is C12H19N3O3. The number of aromatic nitrogens is 2. The van der Waals surface area contributed by atoms with Crippen LogP contribution in [0.15, 0.2) is 6.07 Å². The van der Waals surface area contributed by atoms with E-state index in [1.807, 2.05) is 20.8 Å². The predicted molar refractivity (Wildman–Crippen MR) is 66.4 cm³/mol. The van der Waals surface area contributed by atoms with E-state index in [1.165, 1.54) is 4.90 Å². The lowest BCUT2D eigenvalue weighted by atomic mass is 10.2. The SMILES string of the molecule is CCc1cc(C(=O)N(CCC(=O)O)C(C)C)n[nH]1. The molecule has 2 N–H and O–H groups in total. The van der Waals surface area contributed by atoms with Crippen LogP contribution in [0.1, 0.15) is 43.4 Å². The van der Waals surface area contributed by atoms with Gasteiger partial charge in [-0.1, -0.05) is 6.92 Å². The lowest BCUT2D eigenvalue weighted by Gasteiger charge is -2.25. The minimum atomic E-state index is -0.912. The van der Waals surface area contributed by atoms with Crippen molar-refractivity contribution >= 4 is 11.9 Å². The largest absolute Gasteiger partial charge is 0.481 e. The summed E-state index contributed by atoms with van der Waals surface area (Å²) in [5.74, 6) is -1.15. The summed E-state index contributed by atoms with van der Waals surface area (Å²) in [5.41, 5.74) is 1.23. The molecule has 0 spiro atoms. The second kappa shape index (κ2) is 6.18. The minimum absolute atomic E-state index is 0.0568. The van der Waals surface area contributed by atoms with E-state index in [2.05, 4.69) is 10.2 Å². The van der Waals surface area contributed by atoms with Gasteiger partial charge in [-0.2, -0.15) is 5.10 Å². The third kappa shape index (κ3) is 3.58. The van der Waals surface area contributed by atoms with Crippen LogP contribution in [0.4, 0.5) is 0 Å². The fourth-order valence-corrected chi connectivity index (χ4v) is 1.61. The van der Waals surface area contributed by atoms with Crippen molar-refractivity contribution in [2.75, 3.05) is 6.54 Å². The van der Waals surface area contributed by atoms with Gasteiger partial charge in [0.05, 0.1) is 6.42 Å². The zero-order chi connectivity index (χ0) is 13.7. The van der Waals surface area contributed by atoms with Gasteiger partial charge < -0.3 is 10.0 Å². The van der Waals surface area contributed by atoms with E-state index in [0.29, 0.717) is 5.69 Å². The molecule has 0 aliphatic rings. The first kappa shape index (κ1) is 14.2. The number of aromatic amines is 1. The van der Waals surface area contributed by atoms with Crippen molar-refractivity contribution in [3.63, 3.8) is 0 Å². The van der Waals surface area contributed by atoms with E-state index in [-0.39, 0.29) is 24.9 Å². The number of amides is 1. The molecule has 0 atom stereocenters. The highest BCUT2D eigenvalue weighted by molar-refractivity contribution is 5.92. The first-order valence-corrected chi connectivity index (χ1v) is 6.02. The highest BCUT2D eigenvalue weighted by Gasteiger charge is 2.21. The Hall–Kier alpha value is -1.85. The molecule has 0 aliphatic heterocycles. The van der Waals surface area contributed by atoms with Crippen LogP contribution in [0.3, 0.4) is 0 Å². The number of carbonyl (C=O) groups is 2. The molecule has 0 unspecified atom stereocenters. The van der Waals surface area contributed by atoms with Crippen molar-refractivity contribution in [2.45, 2.75) is 39.7 Å². The van der Waals surface area contributed by atoms with E-state index < -0.39 is 5.97 Å². The summed E-state index contributed by atoms with van der Waals surface area (Å²) in [6, 6.07) is 1.65. The average Bonchev–Trinajstić information content (AvgIpc) is 2.76. The van der Waals surface area contributed by atoms with E-state index in [4.69, 9.17) is 5.11 Å². The molecule has 0 aromatic carbocycles. The first-order chi connectivity index (χ1) is 8.45. The highest BCUT2D eigenvalue weighted by Crippen LogP contribution is 2.09. The average molecular weight is 253 g/mol. The Kier molecular flexibility index (Phi) is 4.88. The summed E-state index contributed by atoms with van der Waals surface area (Å²) >= 11 is 0. The van der Waals surface area contributed by atoms with Gasteiger partial charge in [-0.15, -0.1) is 0 Å². The smallest absolute Gasteiger partial charge is 0.305 e. The molecule has 1 aromatic heterocycles. The molecule has 6 heteroatoms. The number of hydrogen-bond donors (Lipinski definition) is 2. The van der Waals surface area contributed by atoms with E-state index in [1.54, 1.807) is 6.07 Å². The number of rotatable bonds is 6. The van der Waals surface area contributed by atoms with Crippen LogP contribution in [0, 0.1) is 0 Å². The molecule has 0 fully saturated rings. The lowest BCUT2D eigenvalue weighted by Crippen LogP contribution is -2.38. The summed E-state index contributed by atoms with van der Waals surface area (Å²) in [6.07, 6.45) is 0.714. The van der Waals surface area contributed by atoms with Gasteiger partial charge in [0, 0.05) is 18.3 Å². The molecule has 0 bridgehead atoms. The summed E-state index contributed by atoms with van der Waals surface area (Å²) < 4.78 is 0. The quantitative estimate of drug-likeness (QED) is 0.800. The molecule has 0 aliphatic carbocycles. The Balaban J connectivity index is 2.78. The third-order valence-corrected chi connectivity index (χ3v) is 2.68. The summed E-state index contributed by atoms with van der Waals surface area (Å²) in [7, 11) is 0. The molecule has 0 saturated heterocycles. The second-order valence-electron chi connectivity index (χ2n) is 4.37. The van der Waals surface area contributed by atoms with Gasteiger partial charge in [0.2, 0.25) is 0 Å². The summed E-state index contributed by atoms with van der Waals surface area (Å²) in [5, 5.41) is 15.4. The second-order valence-corrected chi connectivity index (χ2v) is 4.37. The van der Waals surface area contributed by atoms with Crippen molar-refractivity contribution in [2.24, 2.45) is 0 Å². The molecule has 0 saturated carbocycles. The highest BCUT2D eigenvalue weighted by atomic mass is 16.4. The minimum Gasteiger partial charge on any atom is -0.481 e. The standard InChI is InChI=1S/C12H19N3O3/c1-4-9-7-10(14-13-9)12(18)15(8(2)3)6-5-11(16)17/h7-8H,4-6H2,1-3H3,(H,13,14)(H,16,17). The number of nitrogens with zero attached hydrogens (tertiary/aromatic N) is 2. The Morgan fingerprint density at radius 2 is 2.17 bits per heavy atom. The molecule has 0 radical (unpaired) electrons. The van der Waals surface area contributed by atoms with Crippen molar-refractivity contribution in [1.82, 2.24) is 15.1 Å². The van der Waals surface area contributed by atoms with Gasteiger partial charge in [0.1, 0.15) is 5.69 Å². The Morgan fingerprint density at radius 1 is 1.50 bits per heavy atom. The van der Waals surface area contributed by atoms with Crippen LogP contribution in [0.5, 0.6) is 0 Å². The van der Waals surface area contributed by atoms with Crippen molar-refractivity contribution in [3.8, 4) is 0 Å². The zero-order valence-corrected chi connectivity index (χ0v) is 10.9. The maximum absolute atomic E-state index is 12.2. The van der Waals surface area contributed by atoms with Crippen molar-refractivity contribution in [1.29, 1.82) is 0 Å². The molecule has 1 amide bonds. The number of carboxylic acid groups (broad SMARTS) is 1. The van der Waals surface area contributed by atoms with E-state index >= 15 is 0 Å². The van der Waals surface area contributed by atoms with Crippen LogP contribution >= 0.6 is 0 Å². The van der Waals surface area contributed by atoms with Crippen LogP contribution in [-0.2, 0) is 11.2 Å².